The van der Waals surface area contributed by atoms with E-state index in [0.29, 0.717) is 30.0 Å². The molecule has 0 unspecified atom stereocenters. The van der Waals surface area contributed by atoms with E-state index in [2.05, 4.69) is 0 Å². The molecule has 1 amide bonds. The minimum atomic E-state index is -0.959. The highest BCUT2D eigenvalue weighted by Crippen LogP contribution is 2.31. The lowest BCUT2D eigenvalue weighted by atomic mass is 10.00. The molecule has 120 valence electrons. The molecule has 1 aromatic rings. The fraction of sp³-hybridized carbons (Fsp3) is 0.500. The SMILES string of the molecule is COc1cc(C(=O)N2CCCC[C@@H]2C(=O)O)cc(OC)c1C. The molecule has 1 aromatic carbocycles. The smallest absolute Gasteiger partial charge is 0.326 e. The molecule has 0 spiro atoms. The van der Waals surface area contributed by atoms with Crippen molar-refractivity contribution in [1.29, 1.82) is 0 Å². The zero-order valence-electron chi connectivity index (χ0n) is 13.1. The van der Waals surface area contributed by atoms with Crippen LogP contribution in [0.15, 0.2) is 12.1 Å². The highest BCUT2D eigenvalue weighted by atomic mass is 16.5. The highest BCUT2D eigenvalue weighted by molar-refractivity contribution is 5.97. The third kappa shape index (κ3) is 3.00. The largest absolute Gasteiger partial charge is 0.496 e. The van der Waals surface area contributed by atoms with Crippen LogP contribution in [-0.4, -0.2) is 48.7 Å². The first-order chi connectivity index (χ1) is 10.5. The number of nitrogens with zero attached hydrogens (tertiary/aromatic N) is 1. The maximum absolute atomic E-state index is 12.7. The molecule has 0 radical (unpaired) electrons. The molecule has 1 saturated heterocycles. The van der Waals surface area contributed by atoms with Crippen molar-refractivity contribution in [3.8, 4) is 11.5 Å². The topological polar surface area (TPSA) is 76.1 Å². The molecule has 1 atom stereocenters. The molecule has 1 N–H and O–H groups in total. The van der Waals surface area contributed by atoms with Gasteiger partial charge in [0.1, 0.15) is 17.5 Å². The van der Waals surface area contributed by atoms with Crippen molar-refractivity contribution in [2.24, 2.45) is 0 Å². The van der Waals surface area contributed by atoms with Crippen molar-refractivity contribution < 1.29 is 24.2 Å². The summed E-state index contributed by atoms with van der Waals surface area (Å²) in [6.45, 7) is 2.29. The zero-order valence-corrected chi connectivity index (χ0v) is 13.1. The van der Waals surface area contributed by atoms with Gasteiger partial charge in [0.15, 0.2) is 0 Å². The number of carbonyl (C=O) groups excluding carboxylic acids is 1. The number of hydrogen-bond donors (Lipinski definition) is 1. The number of carboxylic acid groups (broad SMARTS) is 1. The van der Waals surface area contributed by atoms with Crippen LogP contribution in [0.1, 0.15) is 35.2 Å². The number of carbonyl (C=O) groups is 2. The predicted octanol–water partition coefficient (Wildman–Crippen LogP) is 2.09. The van der Waals surface area contributed by atoms with Crippen LogP contribution in [0, 0.1) is 6.92 Å². The fourth-order valence-electron chi connectivity index (χ4n) is 2.81. The van der Waals surface area contributed by atoms with Gasteiger partial charge in [-0.3, -0.25) is 4.79 Å². The van der Waals surface area contributed by atoms with Crippen LogP contribution in [0.5, 0.6) is 11.5 Å². The summed E-state index contributed by atoms with van der Waals surface area (Å²) in [5.41, 5.74) is 1.18. The van der Waals surface area contributed by atoms with E-state index < -0.39 is 12.0 Å². The summed E-state index contributed by atoms with van der Waals surface area (Å²) < 4.78 is 10.5. The number of benzene rings is 1. The fourth-order valence-corrected chi connectivity index (χ4v) is 2.81. The summed E-state index contributed by atoms with van der Waals surface area (Å²) in [6.07, 6.45) is 2.12. The molecule has 1 fully saturated rings. The number of ether oxygens (including phenoxy) is 2. The summed E-state index contributed by atoms with van der Waals surface area (Å²) in [5.74, 6) is -0.166. The maximum atomic E-state index is 12.7. The Morgan fingerprint density at radius 1 is 1.18 bits per heavy atom. The third-order valence-corrected chi connectivity index (χ3v) is 4.05. The Kier molecular flexibility index (Phi) is 4.90. The van der Waals surface area contributed by atoms with Crippen LogP contribution >= 0.6 is 0 Å². The van der Waals surface area contributed by atoms with Gasteiger partial charge in [-0.1, -0.05) is 0 Å². The summed E-state index contributed by atoms with van der Waals surface area (Å²) in [4.78, 5) is 25.5. The quantitative estimate of drug-likeness (QED) is 0.922. The Labute approximate surface area is 129 Å². The minimum Gasteiger partial charge on any atom is -0.496 e. The molecular weight excluding hydrogens is 286 g/mol. The number of carboxylic acids is 1. The molecule has 1 aliphatic rings. The van der Waals surface area contributed by atoms with Gasteiger partial charge in [-0.25, -0.2) is 4.79 Å². The summed E-state index contributed by atoms with van der Waals surface area (Å²) in [5, 5.41) is 9.31. The number of rotatable bonds is 4. The maximum Gasteiger partial charge on any atom is 0.326 e. The van der Waals surface area contributed by atoms with Crippen molar-refractivity contribution >= 4 is 11.9 Å². The number of methoxy groups -OCH3 is 2. The molecule has 2 rings (SSSR count). The predicted molar refractivity (Wildman–Crippen MR) is 80.6 cm³/mol. The van der Waals surface area contributed by atoms with Crippen LogP contribution in [0.25, 0.3) is 0 Å². The summed E-state index contributed by atoms with van der Waals surface area (Å²) >= 11 is 0. The highest BCUT2D eigenvalue weighted by Gasteiger charge is 2.33. The summed E-state index contributed by atoms with van der Waals surface area (Å²) in [6, 6.07) is 2.50. The molecule has 0 bridgehead atoms. The van der Waals surface area contributed by atoms with Gasteiger partial charge in [0.2, 0.25) is 0 Å². The zero-order chi connectivity index (χ0) is 16.3. The van der Waals surface area contributed by atoms with Crippen molar-refractivity contribution in [3.63, 3.8) is 0 Å². The van der Waals surface area contributed by atoms with Gasteiger partial charge >= 0.3 is 5.97 Å². The molecular formula is C16H21NO5. The Bertz CT molecular complexity index is 559. The van der Waals surface area contributed by atoms with E-state index in [9.17, 15) is 14.7 Å². The van der Waals surface area contributed by atoms with E-state index in [0.717, 1.165) is 18.4 Å². The molecule has 1 aliphatic heterocycles. The van der Waals surface area contributed by atoms with Crippen molar-refractivity contribution in [2.75, 3.05) is 20.8 Å². The lowest BCUT2D eigenvalue weighted by molar-refractivity contribution is -0.143. The van der Waals surface area contributed by atoms with Crippen LogP contribution in [0.3, 0.4) is 0 Å². The third-order valence-electron chi connectivity index (χ3n) is 4.05. The normalized spacial score (nSPS) is 18.0. The molecule has 0 aliphatic carbocycles. The number of hydrogen-bond acceptors (Lipinski definition) is 4. The Hall–Kier alpha value is -2.24. The van der Waals surface area contributed by atoms with Gasteiger partial charge in [0, 0.05) is 17.7 Å². The van der Waals surface area contributed by atoms with E-state index in [4.69, 9.17) is 9.47 Å². The number of aliphatic carboxylic acids is 1. The van der Waals surface area contributed by atoms with Gasteiger partial charge in [-0.2, -0.15) is 0 Å². The lowest BCUT2D eigenvalue weighted by Gasteiger charge is -2.33. The number of amides is 1. The van der Waals surface area contributed by atoms with Gasteiger partial charge in [-0.05, 0) is 38.3 Å². The first-order valence-electron chi connectivity index (χ1n) is 7.26. The number of piperidine rings is 1. The minimum absolute atomic E-state index is 0.302. The van der Waals surface area contributed by atoms with Crippen LogP contribution < -0.4 is 9.47 Å². The van der Waals surface area contributed by atoms with E-state index in [-0.39, 0.29) is 5.91 Å². The monoisotopic (exact) mass is 307 g/mol. The van der Waals surface area contributed by atoms with Crippen molar-refractivity contribution in [3.05, 3.63) is 23.3 Å². The van der Waals surface area contributed by atoms with E-state index in [1.165, 1.54) is 19.1 Å². The van der Waals surface area contributed by atoms with E-state index in [1.54, 1.807) is 12.1 Å². The standard InChI is InChI=1S/C16H21NO5/c1-10-13(21-2)8-11(9-14(10)22-3)15(18)17-7-5-4-6-12(17)16(19)20/h8-9,12H,4-7H2,1-3H3,(H,19,20)/t12-/m1/s1. The van der Waals surface area contributed by atoms with Gasteiger partial charge in [0.25, 0.3) is 5.91 Å². The van der Waals surface area contributed by atoms with Crippen LogP contribution in [0.2, 0.25) is 0 Å². The average molecular weight is 307 g/mol. The number of likely N-dealkylation sites (tertiary alicyclic amines) is 1. The van der Waals surface area contributed by atoms with Crippen LogP contribution in [0.4, 0.5) is 0 Å². The molecule has 0 saturated carbocycles. The first-order valence-corrected chi connectivity index (χ1v) is 7.26. The lowest BCUT2D eigenvalue weighted by Crippen LogP contribution is -2.48. The molecule has 22 heavy (non-hydrogen) atoms. The Balaban J connectivity index is 2.37. The average Bonchev–Trinajstić information content (AvgIpc) is 2.54. The van der Waals surface area contributed by atoms with E-state index >= 15 is 0 Å². The van der Waals surface area contributed by atoms with E-state index in [1.807, 2.05) is 6.92 Å². The first kappa shape index (κ1) is 16.1. The second-order valence-electron chi connectivity index (χ2n) is 5.35. The van der Waals surface area contributed by atoms with Gasteiger partial charge in [-0.15, -0.1) is 0 Å². The Morgan fingerprint density at radius 2 is 1.77 bits per heavy atom. The second kappa shape index (κ2) is 6.68. The van der Waals surface area contributed by atoms with Gasteiger partial charge in [0.05, 0.1) is 14.2 Å². The van der Waals surface area contributed by atoms with Crippen molar-refractivity contribution in [1.82, 2.24) is 4.90 Å². The molecule has 1 heterocycles. The van der Waals surface area contributed by atoms with Crippen molar-refractivity contribution in [2.45, 2.75) is 32.2 Å². The molecule has 6 nitrogen and oxygen atoms in total. The molecule has 0 aromatic heterocycles. The van der Waals surface area contributed by atoms with Crippen LogP contribution in [-0.2, 0) is 4.79 Å². The van der Waals surface area contributed by atoms with Gasteiger partial charge < -0.3 is 19.5 Å². The molecule has 6 heteroatoms. The summed E-state index contributed by atoms with van der Waals surface area (Å²) in [7, 11) is 3.05. The Morgan fingerprint density at radius 3 is 2.27 bits per heavy atom. The second-order valence-corrected chi connectivity index (χ2v) is 5.35.